The molecule has 334 valence electrons. The highest BCUT2D eigenvalue weighted by Gasteiger charge is 2.31. The van der Waals surface area contributed by atoms with Crippen molar-refractivity contribution in [3.05, 3.63) is 88.6 Å². The van der Waals surface area contributed by atoms with Crippen molar-refractivity contribution < 1.29 is 23.5 Å². The second-order valence-corrected chi connectivity index (χ2v) is 16.6. The Morgan fingerprint density at radius 2 is 1.47 bits per heavy atom. The van der Waals surface area contributed by atoms with E-state index in [0.29, 0.717) is 23.3 Å². The minimum atomic E-state index is -0.658. The van der Waals surface area contributed by atoms with E-state index in [-0.39, 0.29) is 36.0 Å². The summed E-state index contributed by atoms with van der Waals surface area (Å²) in [5, 5.41) is 4.53. The van der Waals surface area contributed by atoms with Crippen molar-refractivity contribution in [3.8, 4) is 5.75 Å². The molecule has 1 aromatic carbocycles. The van der Waals surface area contributed by atoms with Crippen LogP contribution < -0.4 is 4.74 Å². The molecule has 0 fully saturated rings. The summed E-state index contributed by atoms with van der Waals surface area (Å²) in [5.41, 5.74) is 4.99. The van der Waals surface area contributed by atoms with Crippen LogP contribution in [0.1, 0.15) is 198 Å². The van der Waals surface area contributed by atoms with Gasteiger partial charge in [0.05, 0.1) is 24.4 Å². The number of ether oxygens (including phenoxy) is 2. The van der Waals surface area contributed by atoms with Gasteiger partial charge in [-0.1, -0.05) is 153 Å². The number of Topliss-reactive ketones (excluding diaryl/α,β-unsaturated/α-hetero) is 1. The maximum absolute atomic E-state index is 14.2. The topological polar surface area (TPSA) is 70.4 Å². The second-order valence-electron chi connectivity index (χ2n) is 16.6. The third kappa shape index (κ3) is 18.2. The van der Waals surface area contributed by atoms with Crippen LogP contribution in [-0.4, -0.2) is 33.9 Å². The van der Waals surface area contributed by atoms with Gasteiger partial charge < -0.3 is 9.47 Å². The first-order chi connectivity index (χ1) is 28.0. The van der Waals surface area contributed by atoms with E-state index < -0.39 is 17.6 Å². The molecule has 0 aliphatic carbocycles. The Hall–Kier alpha value is -3.74. The predicted octanol–water partition coefficient (Wildman–Crippen LogP) is 15.9. The normalized spacial score (nSPS) is 15.7. The monoisotopic (exact) mass is 821 g/mol. The lowest BCUT2D eigenvalue weighted by Crippen LogP contribution is -2.30. The average Bonchev–Trinajstić information content (AvgIpc) is 3.67. The summed E-state index contributed by atoms with van der Waals surface area (Å²) >= 11 is 0. The molecule has 1 aliphatic heterocycles. The number of carbonyl (C=O) groups is 2. The fourth-order valence-corrected chi connectivity index (χ4v) is 6.53. The molecule has 0 N–H and O–H groups in total. The molecule has 0 bridgehead atoms. The number of halogens is 1. The van der Waals surface area contributed by atoms with Crippen LogP contribution in [0.15, 0.2) is 65.9 Å². The molecule has 59 heavy (non-hydrogen) atoms. The van der Waals surface area contributed by atoms with Crippen LogP contribution in [0.5, 0.6) is 5.75 Å². The second kappa shape index (κ2) is 29.5. The highest BCUT2D eigenvalue weighted by molar-refractivity contribution is 6.02. The predicted molar refractivity (Wildman–Crippen MR) is 251 cm³/mol. The van der Waals surface area contributed by atoms with Crippen molar-refractivity contribution in [2.45, 2.75) is 193 Å². The molecule has 0 amide bonds. The number of benzene rings is 1. The SMILES string of the molecule is C=C(C(=C\C=C(\c1cnn(C(=O)OC(C)(C)C)c1C(C)CC)C(C)CC)/C(=C\C)C(=O)C1COc2ccc(F)cc2C1)C(C)CC.CC.CCCCC.CCCCCC. The molecule has 0 spiro atoms. The van der Waals surface area contributed by atoms with Crippen molar-refractivity contribution in [3.63, 3.8) is 0 Å². The van der Waals surface area contributed by atoms with Gasteiger partial charge in [-0.3, -0.25) is 4.79 Å². The van der Waals surface area contributed by atoms with Gasteiger partial charge in [-0.2, -0.15) is 9.78 Å². The van der Waals surface area contributed by atoms with Gasteiger partial charge in [0.2, 0.25) is 0 Å². The highest BCUT2D eigenvalue weighted by Crippen LogP contribution is 2.37. The maximum Gasteiger partial charge on any atom is 0.435 e. The van der Waals surface area contributed by atoms with E-state index in [9.17, 15) is 14.0 Å². The zero-order valence-corrected chi connectivity index (χ0v) is 40.4. The Bertz CT molecular complexity index is 1630. The number of aromatic nitrogens is 2. The molecule has 0 radical (unpaired) electrons. The number of ketones is 1. The number of unbranched alkanes of at least 4 members (excludes halogenated alkanes) is 5. The van der Waals surface area contributed by atoms with Crippen LogP contribution in [0, 0.1) is 23.6 Å². The van der Waals surface area contributed by atoms with E-state index >= 15 is 0 Å². The van der Waals surface area contributed by atoms with Crippen LogP contribution in [-0.2, 0) is 16.0 Å². The van der Waals surface area contributed by atoms with Gasteiger partial charge in [-0.05, 0) is 112 Å². The largest absolute Gasteiger partial charge is 0.493 e. The lowest BCUT2D eigenvalue weighted by molar-refractivity contribution is -0.120. The molecule has 4 atom stereocenters. The molecule has 1 aliphatic rings. The fourth-order valence-electron chi connectivity index (χ4n) is 6.53. The van der Waals surface area contributed by atoms with E-state index in [0.717, 1.165) is 47.2 Å². The zero-order chi connectivity index (χ0) is 45.3. The molecule has 2 heterocycles. The molecule has 4 unspecified atom stereocenters. The summed E-state index contributed by atoms with van der Waals surface area (Å²) in [7, 11) is 0. The van der Waals surface area contributed by atoms with Gasteiger partial charge in [0.25, 0.3) is 0 Å². The van der Waals surface area contributed by atoms with Crippen molar-refractivity contribution in [1.29, 1.82) is 0 Å². The first-order valence-corrected chi connectivity index (χ1v) is 23.0. The summed E-state index contributed by atoms with van der Waals surface area (Å²) in [6.07, 6.45) is 19.7. The number of nitrogens with zero attached hydrogens (tertiary/aromatic N) is 2. The van der Waals surface area contributed by atoms with Gasteiger partial charge in [-0.15, -0.1) is 0 Å². The Balaban J connectivity index is 0.00000225. The lowest BCUT2D eigenvalue weighted by Gasteiger charge is -2.27. The first-order valence-electron chi connectivity index (χ1n) is 23.0. The van der Waals surface area contributed by atoms with Gasteiger partial charge >= 0.3 is 6.09 Å². The Labute approximate surface area is 361 Å². The Morgan fingerprint density at radius 3 is 1.95 bits per heavy atom. The number of allylic oxidation sites excluding steroid dienone is 7. The molecular weight excluding hydrogens is 736 g/mol. The smallest absolute Gasteiger partial charge is 0.435 e. The highest BCUT2D eigenvalue weighted by atomic mass is 19.1. The van der Waals surface area contributed by atoms with E-state index in [4.69, 9.17) is 9.47 Å². The van der Waals surface area contributed by atoms with Crippen molar-refractivity contribution in [1.82, 2.24) is 9.78 Å². The van der Waals surface area contributed by atoms with E-state index in [2.05, 4.69) is 87.0 Å². The van der Waals surface area contributed by atoms with Crippen LogP contribution in [0.4, 0.5) is 9.18 Å². The summed E-state index contributed by atoms with van der Waals surface area (Å²) in [6, 6.07) is 4.45. The van der Waals surface area contributed by atoms with Gasteiger partial charge in [0, 0.05) is 11.1 Å². The Kier molecular flexibility index (Phi) is 27.6. The zero-order valence-electron chi connectivity index (χ0n) is 40.4. The van der Waals surface area contributed by atoms with Crippen LogP contribution in [0.3, 0.4) is 0 Å². The summed E-state index contributed by atoms with van der Waals surface area (Å²) in [4.78, 5) is 27.4. The van der Waals surface area contributed by atoms with Gasteiger partial charge in [-0.25, -0.2) is 9.18 Å². The van der Waals surface area contributed by atoms with E-state index in [1.807, 2.05) is 53.7 Å². The van der Waals surface area contributed by atoms with Crippen LogP contribution in [0.25, 0.3) is 5.57 Å². The van der Waals surface area contributed by atoms with Gasteiger partial charge in [0.15, 0.2) is 5.78 Å². The Morgan fingerprint density at radius 1 is 0.898 bits per heavy atom. The standard InChI is InChI=1S/C39H53FN2O4.C6H14.C5H12.C2H6/c1-12-24(5)27(8)33(31(15-4)37(43)29-20-28-21-30(40)16-19-35(28)45-23-29)18-17-32(25(6)13-2)34-22-41-42(36(34)26(7)14-3)38(44)46-39(9,10)11;1-3-5-6-4-2;1-3-5-4-2;1-2/h15-19,21-22,24-26,29H,8,12-14,20,23H2,1-7,9-11H3;3-6H2,1-2H3;3-5H2,1-2H3;1-2H3/b31-15+,32-17+,33-18+;;;. The van der Waals surface area contributed by atoms with Crippen LogP contribution in [0.2, 0.25) is 0 Å². The quantitative estimate of drug-likeness (QED) is 0.0903. The molecule has 7 heteroatoms. The minimum Gasteiger partial charge on any atom is -0.493 e. The van der Waals surface area contributed by atoms with Crippen molar-refractivity contribution in [2.75, 3.05) is 6.61 Å². The fraction of sp³-hybridized carbons (Fsp3) is 0.635. The number of carbonyl (C=O) groups excluding carboxylic acids is 2. The van der Waals surface area contributed by atoms with Crippen LogP contribution >= 0.6 is 0 Å². The van der Waals surface area contributed by atoms with Gasteiger partial charge in [0.1, 0.15) is 17.2 Å². The third-order valence-corrected chi connectivity index (χ3v) is 10.7. The average molecular weight is 821 g/mol. The summed E-state index contributed by atoms with van der Waals surface area (Å²) < 4.78 is 27.0. The molecule has 0 saturated carbocycles. The summed E-state index contributed by atoms with van der Waals surface area (Å²) in [5.74, 6) is 0.0937. The molecule has 1 aromatic heterocycles. The number of rotatable bonds is 17. The maximum atomic E-state index is 14.2. The van der Waals surface area contributed by atoms with Crippen molar-refractivity contribution >= 4 is 17.4 Å². The minimum absolute atomic E-state index is 0.0442. The molecule has 3 rings (SSSR count). The first kappa shape index (κ1) is 55.3. The molecular formula is C52H85FN2O4. The lowest BCUT2D eigenvalue weighted by atomic mass is 9.81. The number of hydrogen-bond acceptors (Lipinski definition) is 5. The summed E-state index contributed by atoms with van der Waals surface area (Å²) in [6.45, 7) is 37.7. The molecule has 0 saturated heterocycles. The molecule has 2 aromatic rings. The van der Waals surface area contributed by atoms with E-state index in [1.165, 1.54) is 61.8 Å². The molecule has 6 nitrogen and oxygen atoms in total. The number of hydrogen-bond donors (Lipinski definition) is 0. The third-order valence-electron chi connectivity index (χ3n) is 10.7. The van der Waals surface area contributed by atoms with E-state index in [1.54, 1.807) is 12.3 Å². The van der Waals surface area contributed by atoms with Crippen molar-refractivity contribution in [2.24, 2.45) is 17.8 Å². The number of fused-ring (bicyclic) bond motifs is 1.